The molecule has 4 rings (SSSR count). The van der Waals surface area contributed by atoms with E-state index < -0.39 is 17.8 Å². The number of carbonyl (C=O) groups excluding carboxylic acids is 1. The fourth-order valence-electron chi connectivity index (χ4n) is 3.83. The van der Waals surface area contributed by atoms with Gasteiger partial charge in [-0.1, -0.05) is 0 Å². The smallest absolute Gasteiger partial charge is 0.305 e. The Hall–Kier alpha value is -2.54. The lowest BCUT2D eigenvalue weighted by atomic mass is 10.0. The van der Waals surface area contributed by atoms with Crippen LogP contribution in [0.15, 0.2) is 24.3 Å². The van der Waals surface area contributed by atoms with Gasteiger partial charge in [0.15, 0.2) is 0 Å². The van der Waals surface area contributed by atoms with Gasteiger partial charge in [0.25, 0.3) is 5.91 Å². The predicted octanol–water partition coefficient (Wildman–Crippen LogP) is 2.96. The van der Waals surface area contributed by atoms with Crippen molar-refractivity contribution in [3.63, 3.8) is 0 Å². The number of hydrogen-bond acceptors (Lipinski definition) is 4. The van der Waals surface area contributed by atoms with Crippen LogP contribution in [-0.2, 0) is 9.53 Å². The molecule has 1 saturated carbocycles. The number of carboxylic acids is 1. The topological polar surface area (TPSA) is 79.7 Å². The number of methoxy groups -OCH3 is 1. The lowest BCUT2D eigenvalue weighted by Crippen LogP contribution is -2.37. The molecular formula is C20H21FN2O4. The Morgan fingerprint density at radius 2 is 2.11 bits per heavy atom. The monoisotopic (exact) mass is 372 g/mol. The molecule has 1 aliphatic carbocycles. The van der Waals surface area contributed by atoms with Crippen molar-refractivity contribution >= 4 is 22.8 Å². The first-order valence-corrected chi connectivity index (χ1v) is 9.12. The second-order valence-corrected chi connectivity index (χ2v) is 7.33. The molecule has 2 fully saturated rings. The highest BCUT2D eigenvalue weighted by atomic mass is 19.1. The summed E-state index contributed by atoms with van der Waals surface area (Å²) in [5, 5.41) is 9.66. The minimum atomic E-state index is -0.959. The third kappa shape index (κ3) is 3.51. The summed E-state index contributed by atoms with van der Waals surface area (Å²) in [4.78, 5) is 30.7. The van der Waals surface area contributed by atoms with Crippen molar-refractivity contribution in [2.24, 2.45) is 0 Å². The van der Waals surface area contributed by atoms with Crippen LogP contribution in [0.3, 0.4) is 0 Å². The average molecular weight is 372 g/mol. The third-order valence-corrected chi connectivity index (χ3v) is 5.40. The molecule has 1 N–H and O–H groups in total. The van der Waals surface area contributed by atoms with E-state index in [1.54, 1.807) is 24.1 Å². The number of aromatic nitrogens is 1. The number of hydrogen-bond donors (Lipinski definition) is 1. The molecule has 0 spiro atoms. The van der Waals surface area contributed by atoms with E-state index in [9.17, 15) is 19.1 Å². The minimum absolute atomic E-state index is 0.140. The standard InChI is InChI=1S/C20H21FN2O4/c1-27-14-7-13(8-19(24)25)23(10-14)20(26)16-9-18(11-2-3-11)22-17-5-4-12(21)6-15(16)17/h4-6,9,11,13-14H,2-3,7-8,10H2,1H3,(H,24,25). The van der Waals surface area contributed by atoms with E-state index in [-0.39, 0.29) is 18.4 Å². The summed E-state index contributed by atoms with van der Waals surface area (Å²) in [5.74, 6) is -1.35. The Balaban J connectivity index is 1.76. The maximum atomic E-state index is 13.8. The number of halogens is 1. The van der Waals surface area contributed by atoms with Gasteiger partial charge in [-0.25, -0.2) is 4.39 Å². The van der Waals surface area contributed by atoms with Crippen LogP contribution in [0.25, 0.3) is 10.9 Å². The zero-order valence-corrected chi connectivity index (χ0v) is 15.0. The number of carbonyl (C=O) groups is 2. The van der Waals surface area contributed by atoms with Gasteiger partial charge in [0.1, 0.15) is 5.82 Å². The molecule has 1 aromatic heterocycles. The second-order valence-electron chi connectivity index (χ2n) is 7.33. The minimum Gasteiger partial charge on any atom is -0.481 e. The van der Waals surface area contributed by atoms with Crippen LogP contribution in [0, 0.1) is 5.82 Å². The number of nitrogens with zero attached hydrogens (tertiary/aromatic N) is 2. The van der Waals surface area contributed by atoms with E-state index in [0.29, 0.717) is 35.3 Å². The van der Waals surface area contributed by atoms with Crippen molar-refractivity contribution in [3.05, 3.63) is 41.3 Å². The molecule has 2 aromatic rings. The normalized spacial score (nSPS) is 22.4. The van der Waals surface area contributed by atoms with E-state index in [4.69, 9.17) is 4.74 Å². The maximum absolute atomic E-state index is 13.8. The quantitative estimate of drug-likeness (QED) is 0.873. The summed E-state index contributed by atoms with van der Waals surface area (Å²) in [6.07, 6.45) is 2.19. The maximum Gasteiger partial charge on any atom is 0.305 e. The summed E-state index contributed by atoms with van der Waals surface area (Å²) in [5.41, 5.74) is 1.81. The van der Waals surface area contributed by atoms with Gasteiger partial charge in [-0.05, 0) is 43.5 Å². The van der Waals surface area contributed by atoms with E-state index in [1.165, 1.54) is 12.1 Å². The Morgan fingerprint density at radius 3 is 2.78 bits per heavy atom. The fourth-order valence-corrected chi connectivity index (χ4v) is 3.83. The lowest BCUT2D eigenvalue weighted by molar-refractivity contribution is -0.137. The highest BCUT2D eigenvalue weighted by Crippen LogP contribution is 2.40. The first-order valence-electron chi connectivity index (χ1n) is 9.12. The first kappa shape index (κ1) is 17.9. The summed E-state index contributed by atoms with van der Waals surface area (Å²) in [7, 11) is 1.55. The third-order valence-electron chi connectivity index (χ3n) is 5.40. The van der Waals surface area contributed by atoms with Crippen molar-refractivity contribution in [1.82, 2.24) is 9.88 Å². The second kappa shape index (κ2) is 6.88. The summed E-state index contributed by atoms with van der Waals surface area (Å²) < 4.78 is 19.2. The average Bonchev–Trinajstić information content (AvgIpc) is 3.41. The van der Waals surface area contributed by atoms with Gasteiger partial charge in [0, 0.05) is 36.7 Å². The van der Waals surface area contributed by atoms with Gasteiger partial charge in [-0.2, -0.15) is 0 Å². The van der Waals surface area contributed by atoms with Crippen molar-refractivity contribution < 1.29 is 23.8 Å². The molecule has 27 heavy (non-hydrogen) atoms. The largest absolute Gasteiger partial charge is 0.481 e. The van der Waals surface area contributed by atoms with Crippen LogP contribution in [0.4, 0.5) is 4.39 Å². The molecule has 2 atom stereocenters. The number of amides is 1. The van der Waals surface area contributed by atoms with E-state index in [0.717, 1.165) is 18.5 Å². The number of fused-ring (bicyclic) bond motifs is 1. The molecule has 1 aliphatic heterocycles. The zero-order valence-electron chi connectivity index (χ0n) is 15.0. The highest BCUT2D eigenvalue weighted by Gasteiger charge is 2.38. The van der Waals surface area contributed by atoms with Gasteiger partial charge < -0.3 is 14.7 Å². The molecule has 0 radical (unpaired) electrons. The molecule has 6 nitrogen and oxygen atoms in total. The molecule has 142 valence electrons. The Bertz CT molecular complexity index is 912. The SMILES string of the molecule is COC1CC(CC(=O)O)N(C(=O)c2cc(C3CC3)nc3ccc(F)cc23)C1. The van der Waals surface area contributed by atoms with Gasteiger partial charge in [-0.3, -0.25) is 14.6 Å². The van der Waals surface area contributed by atoms with Crippen molar-refractivity contribution in [3.8, 4) is 0 Å². The molecule has 7 heteroatoms. The summed E-state index contributed by atoms with van der Waals surface area (Å²) in [6, 6.07) is 5.55. The number of aliphatic carboxylic acids is 1. The van der Waals surface area contributed by atoms with Crippen molar-refractivity contribution in [2.75, 3.05) is 13.7 Å². The van der Waals surface area contributed by atoms with E-state index in [1.807, 2.05) is 0 Å². The molecule has 0 bridgehead atoms. The van der Waals surface area contributed by atoms with Gasteiger partial charge in [0.05, 0.1) is 23.6 Å². The Kier molecular flexibility index (Phi) is 4.55. The number of pyridine rings is 1. The molecule has 1 aromatic carbocycles. The van der Waals surface area contributed by atoms with Crippen LogP contribution in [0.1, 0.15) is 47.7 Å². The van der Waals surface area contributed by atoms with Gasteiger partial charge in [-0.15, -0.1) is 0 Å². The number of benzene rings is 1. The van der Waals surface area contributed by atoms with Crippen LogP contribution in [0.5, 0.6) is 0 Å². The van der Waals surface area contributed by atoms with Gasteiger partial charge >= 0.3 is 5.97 Å². The Labute approximate surface area is 155 Å². The van der Waals surface area contributed by atoms with Crippen molar-refractivity contribution in [1.29, 1.82) is 0 Å². The number of ether oxygens (including phenoxy) is 1. The van der Waals surface area contributed by atoms with Gasteiger partial charge in [0.2, 0.25) is 0 Å². The molecule has 2 unspecified atom stereocenters. The number of carboxylic acid groups (broad SMARTS) is 1. The summed E-state index contributed by atoms with van der Waals surface area (Å²) in [6.45, 7) is 0.325. The van der Waals surface area contributed by atoms with E-state index in [2.05, 4.69) is 4.98 Å². The van der Waals surface area contributed by atoms with Crippen LogP contribution in [-0.4, -0.2) is 52.7 Å². The molecule has 2 aliphatic rings. The van der Waals surface area contributed by atoms with Crippen LogP contribution >= 0.6 is 0 Å². The molecule has 1 amide bonds. The predicted molar refractivity (Wildman–Crippen MR) is 96.2 cm³/mol. The fraction of sp³-hybridized carbons (Fsp3) is 0.450. The molecule has 1 saturated heterocycles. The molecular weight excluding hydrogens is 351 g/mol. The molecule has 2 heterocycles. The first-order chi connectivity index (χ1) is 13.0. The number of rotatable bonds is 5. The Morgan fingerprint density at radius 1 is 1.33 bits per heavy atom. The van der Waals surface area contributed by atoms with E-state index >= 15 is 0 Å². The number of likely N-dealkylation sites (tertiary alicyclic amines) is 1. The highest BCUT2D eigenvalue weighted by molar-refractivity contribution is 6.06. The summed E-state index contributed by atoms with van der Waals surface area (Å²) >= 11 is 0. The van der Waals surface area contributed by atoms with Crippen LogP contribution < -0.4 is 0 Å². The lowest BCUT2D eigenvalue weighted by Gasteiger charge is -2.24. The van der Waals surface area contributed by atoms with Crippen molar-refractivity contribution in [2.45, 2.75) is 43.7 Å². The van der Waals surface area contributed by atoms with Crippen LogP contribution in [0.2, 0.25) is 0 Å². The zero-order chi connectivity index (χ0) is 19.1.